The van der Waals surface area contributed by atoms with Crippen molar-refractivity contribution in [3.63, 3.8) is 0 Å². The first-order valence-electron chi connectivity index (χ1n) is 3.64. The molecule has 0 spiro atoms. The van der Waals surface area contributed by atoms with Gasteiger partial charge in [0.25, 0.3) is 0 Å². The summed E-state index contributed by atoms with van der Waals surface area (Å²) in [4.78, 5) is 0. The Balaban J connectivity index is 4.01. The van der Waals surface area contributed by atoms with Gasteiger partial charge in [0.2, 0.25) is 0 Å². The van der Waals surface area contributed by atoms with Crippen molar-refractivity contribution in [3.05, 3.63) is 12.2 Å². The summed E-state index contributed by atoms with van der Waals surface area (Å²) in [7, 11) is 0. The third kappa shape index (κ3) is 2.69. The average molecular weight is 126 g/mol. The highest BCUT2D eigenvalue weighted by Crippen LogP contribution is 2.26. The van der Waals surface area contributed by atoms with E-state index in [0.717, 1.165) is 5.92 Å². The summed E-state index contributed by atoms with van der Waals surface area (Å²) in [5.41, 5.74) is 0.370. The number of allylic oxidation sites excluding steroid dienone is 2. The second kappa shape index (κ2) is 3.05. The van der Waals surface area contributed by atoms with E-state index in [1.165, 1.54) is 0 Å². The zero-order chi connectivity index (χ0) is 7.49. The first-order chi connectivity index (χ1) is 4.00. The monoisotopic (exact) mass is 126 g/mol. The third-order valence-corrected chi connectivity index (χ3v) is 2.08. The molecule has 0 rings (SSSR count). The van der Waals surface area contributed by atoms with Crippen LogP contribution in [0.2, 0.25) is 0 Å². The Hall–Kier alpha value is -0.260. The van der Waals surface area contributed by atoms with Crippen LogP contribution >= 0.6 is 0 Å². The smallest absolute Gasteiger partial charge is 0.0152 e. The van der Waals surface area contributed by atoms with Crippen molar-refractivity contribution in [1.29, 1.82) is 0 Å². The second-order valence-electron chi connectivity index (χ2n) is 3.48. The van der Waals surface area contributed by atoms with Crippen LogP contribution in [0.4, 0.5) is 0 Å². The first-order valence-corrected chi connectivity index (χ1v) is 3.64. The summed E-state index contributed by atoms with van der Waals surface area (Å²) < 4.78 is 0. The molecule has 0 aliphatic heterocycles. The Bertz CT molecular complexity index is 96.6. The van der Waals surface area contributed by atoms with Crippen molar-refractivity contribution in [1.82, 2.24) is 0 Å². The van der Waals surface area contributed by atoms with Gasteiger partial charge in [-0.1, -0.05) is 39.8 Å². The summed E-state index contributed by atoms with van der Waals surface area (Å²) in [6.07, 6.45) is 4.39. The lowest BCUT2D eigenvalue weighted by atomic mass is 9.81. The molecule has 54 valence electrons. The standard InChI is InChI=1S/C9H18/c1-6-7-9(4,5)8(2)3/h6-8H,1-5H3/b7-6-. The van der Waals surface area contributed by atoms with E-state index in [1.807, 2.05) is 0 Å². The van der Waals surface area contributed by atoms with Crippen molar-refractivity contribution < 1.29 is 0 Å². The molecule has 0 aromatic heterocycles. The molecule has 0 aromatic rings. The van der Waals surface area contributed by atoms with Crippen LogP contribution in [0, 0.1) is 11.3 Å². The molecule has 0 bridgehead atoms. The van der Waals surface area contributed by atoms with Crippen LogP contribution in [0.3, 0.4) is 0 Å². The summed E-state index contributed by atoms with van der Waals surface area (Å²) in [6, 6.07) is 0. The molecule has 0 saturated carbocycles. The SMILES string of the molecule is C/C=C\C(C)(C)C(C)C. The zero-order valence-electron chi connectivity index (χ0n) is 7.23. The van der Waals surface area contributed by atoms with Crippen LogP contribution in [0.15, 0.2) is 12.2 Å². The average Bonchev–Trinajstić information content (AvgIpc) is 1.65. The van der Waals surface area contributed by atoms with E-state index < -0.39 is 0 Å². The number of hydrogen-bond acceptors (Lipinski definition) is 0. The van der Waals surface area contributed by atoms with Gasteiger partial charge in [-0.25, -0.2) is 0 Å². The van der Waals surface area contributed by atoms with Gasteiger partial charge in [0.15, 0.2) is 0 Å². The van der Waals surface area contributed by atoms with Gasteiger partial charge in [0, 0.05) is 0 Å². The lowest BCUT2D eigenvalue weighted by Crippen LogP contribution is -2.15. The molecule has 0 aromatic carbocycles. The fourth-order valence-corrected chi connectivity index (χ4v) is 0.622. The lowest BCUT2D eigenvalue weighted by Gasteiger charge is -2.24. The molecule has 0 aliphatic rings. The van der Waals surface area contributed by atoms with Crippen LogP contribution in [-0.4, -0.2) is 0 Å². The Morgan fingerprint density at radius 3 is 1.78 bits per heavy atom. The summed E-state index contributed by atoms with van der Waals surface area (Å²) in [5.74, 6) is 0.730. The molecule has 0 N–H and O–H groups in total. The van der Waals surface area contributed by atoms with E-state index in [2.05, 4.69) is 46.8 Å². The minimum absolute atomic E-state index is 0.370. The minimum atomic E-state index is 0.370. The zero-order valence-corrected chi connectivity index (χ0v) is 7.23. The maximum absolute atomic E-state index is 2.26. The van der Waals surface area contributed by atoms with Crippen molar-refractivity contribution in [3.8, 4) is 0 Å². The summed E-state index contributed by atoms with van der Waals surface area (Å²) in [5, 5.41) is 0. The van der Waals surface area contributed by atoms with Crippen LogP contribution < -0.4 is 0 Å². The van der Waals surface area contributed by atoms with Gasteiger partial charge in [0.1, 0.15) is 0 Å². The van der Waals surface area contributed by atoms with E-state index in [0.29, 0.717) is 5.41 Å². The molecular formula is C9H18. The highest BCUT2D eigenvalue weighted by Gasteiger charge is 2.17. The number of rotatable bonds is 2. The minimum Gasteiger partial charge on any atom is -0.0911 e. The van der Waals surface area contributed by atoms with E-state index in [9.17, 15) is 0 Å². The molecule has 0 aliphatic carbocycles. The van der Waals surface area contributed by atoms with Crippen molar-refractivity contribution in [2.75, 3.05) is 0 Å². The molecule has 0 saturated heterocycles. The highest BCUT2D eigenvalue weighted by atomic mass is 14.2. The van der Waals surface area contributed by atoms with Gasteiger partial charge in [-0.05, 0) is 18.3 Å². The largest absolute Gasteiger partial charge is 0.0911 e. The molecule has 0 fully saturated rings. The highest BCUT2D eigenvalue weighted by molar-refractivity contribution is 4.94. The van der Waals surface area contributed by atoms with Gasteiger partial charge in [0.05, 0.1) is 0 Å². The summed E-state index contributed by atoms with van der Waals surface area (Å²) >= 11 is 0. The molecule has 0 amide bonds. The van der Waals surface area contributed by atoms with Crippen LogP contribution in [-0.2, 0) is 0 Å². The maximum Gasteiger partial charge on any atom is -0.0152 e. The molecule has 0 heteroatoms. The molecule has 0 radical (unpaired) electrons. The van der Waals surface area contributed by atoms with Gasteiger partial charge in [-0.15, -0.1) is 0 Å². The molecule has 0 unspecified atom stereocenters. The first kappa shape index (κ1) is 8.74. The van der Waals surface area contributed by atoms with Gasteiger partial charge >= 0.3 is 0 Å². The Morgan fingerprint density at radius 2 is 1.67 bits per heavy atom. The Morgan fingerprint density at radius 1 is 1.22 bits per heavy atom. The van der Waals surface area contributed by atoms with Gasteiger partial charge in [-0.2, -0.15) is 0 Å². The lowest BCUT2D eigenvalue weighted by molar-refractivity contribution is 0.333. The number of hydrogen-bond donors (Lipinski definition) is 0. The van der Waals surface area contributed by atoms with Gasteiger partial charge in [-0.3, -0.25) is 0 Å². The Labute approximate surface area is 59.0 Å². The van der Waals surface area contributed by atoms with E-state index in [4.69, 9.17) is 0 Å². The molecule has 0 heterocycles. The maximum atomic E-state index is 2.26. The predicted octanol–water partition coefficient (Wildman–Crippen LogP) is 3.24. The van der Waals surface area contributed by atoms with E-state index in [-0.39, 0.29) is 0 Å². The Kier molecular flexibility index (Phi) is 2.96. The topological polar surface area (TPSA) is 0 Å². The molecule has 0 nitrogen and oxygen atoms in total. The van der Waals surface area contributed by atoms with Crippen LogP contribution in [0.25, 0.3) is 0 Å². The van der Waals surface area contributed by atoms with Crippen molar-refractivity contribution >= 4 is 0 Å². The molecule has 9 heavy (non-hydrogen) atoms. The normalized spacial score (nSPS) is 13.6. The van der Waals surface area contributed by atoms with Crippen molar-refractivity contribution in [2.24, 2.45) is 11.3 Å². The molecule has 0 atom stereocenters. The summed E-state index contributed by atoms with van der Waals surface area (Å²) in [6.45, 7) is 11.1. The van der Waals surface area contributed by atoms with E-state index >= 15 is 0 Å². The van der Waals surface area contributed by atoms with Gasteiger partial charge < -0.3 is 0 Å². The van der Waals surface area contributed by atoms with Crippen LogP contribution in [0.1, 0.15) is 34.6 Å². The second-order valence-corrected chi connectivity index (χ2v) is 3.48. The van der Waals surface area contributed by atoms with Crippen LogP contribution in [0.5, 0.6) is 0 Å². The van der Waals surface area contributed by atoms with E-state index in [1.54, 1.807) is 0 Å². The third-order valence-electron chi connectivity index (χ3n) is 2.08. The fourth-order valence-electron chi connectivity index (χ4n) is 0.622. The van der Waals surface area contributed by atoms with Crippen molar-refractivity contribution in [2.45, 2.75) is 34.6 Å². The quantitative estimate of drug-likeness (QED) is 0.498. The molecular weight excluding hydrogens is 108 g/mol. The fraction of sp³-hybridized carbons (Fsp3) is 0.778. The predicted molar refractivity (Wildman–Crippen MR) is 43.4 cm³/mol.